The first-order valence-electron chi connectivity index (χ1n) is 6.80. The number of rotatable bonds is 3. The average molecular weight is 297 g/mol. The van der Waals surface area contributed by atoms with E-state index < -0.39 is 5.91 Å². The van der Waals surface area contributed by atoms with Crippen LogP contribution in [0.5, 0.6) is 0 Å². The summed E-state index contributed by atoms with van der Waals surface area (Å²) in [6.45, 7) is 3.56. The number of pyridine rings is 1. The van der Waals surface area contributed by atoms with Crippen molar-refractivity contribution in [3.8, 4) is 0 Å². The summed E-state index contributed by atoms with van der Waals surface area (Å²) in [6.07, 6.45) is 1.61. The minimum absolute atomic E-state index is 0.117. The van der Waals surface area contributed by atoms with E-state index in [1.165, 1.54) is 0 Å². The Hall–Kier alpha value is -2.96. The number of nitrogens with two attached hydrogens (primary N) is 2. The zero-order valence-corrected chi connectivity index (χ0v) is 12.2. The molecule has 3 rings (SSSR count). The van der Waals surface area contributed by atoms with Gasteiger partial charge in [0.1, 0.15) is 5.69 Å². The predicted octanol–water partition coefficient (Wildman–Crippen LogP) is 1.57. The Morgan fingerprint density at radius 1 is 1.27 bits per heavy atom. The average Bonchev–Trinajstić information content (AvgIpc) is 2.88. The topological polar surface area (TPSA) is 123 Å². The van der Waals surface area contributed by atoms with Crippen molar-refractivity contribution >= 4 is 46.0 Å². The Morgan fingerprint density at radius 3 is 2.64 bits per heavy atom. The molecule has 1 aliphatic rings. The van der Waals surface area contributed by atoms with Gasteiger partial charge in [0, 0.05) is 23.1 Å². The van der Waals surface area contributed by atoms with Gasteiger partial charge in [0.15, 0.2) is 0 Å². The van der Waals surface area contributed by atoms with Crippen LogP contribution in [0.2, 0.25) is 0 Å². The Kier molecular flexibility index (Phi) is 3.05. The molecule has 0 saturated heterocycles. The minimum Gasteiger partial charge on any atom is -0.397 e. The molecule has 1 aliphatic heterocycles. The van der Waals surface area contributed by atoms with Crippen LogP contribution in [-0.2, 0) is 4.79 Å². The van der Waals surface area contributed by atoms with Gasteiger partial charge in [0.2, 0.25) is 5.91 Å². The second kappa shape index (κ2) is 4.80. The maximum atomic E-state index is 12.0. The normalized spacial score (nSPS) is 12.1. The van der Waals surface area contributed by atoms with Crippen molar-refractivity contribution in [3.05, 3.63) is 23.4 Å². The lowest BCUT2D eigenvalue weighted by atomic mass is 10.1. The van der Waals surface area contributed by atoms with E-state index >= 15 is 0 Å². The highest BCUT2D eigenvalue weighted by atomic mass is 16.2. The molecular weight excluding hydrogens is 282 g/mol. The molecule has 2 heterocycles. The fourth-order valence-corrected chi connectivity index (χ4v) is 2.32. The van der Waals surface area contributed by atoms with Crippen molar-refractivity contribution in [1.29, 1.82) is 0 Å². The lowest BCUT2D eigenvalue weighted by Gasteiger charge is -2.13. The van der Waals surface area contributed by atoms with Crippen LogP contribution < -0.4 is 16.8 Å². The van der Waals surface area contributed by atoms with Gasteiger partial charge in [0.05, 0.1) is 22.6 Å². The molecule has 22 heavy (non-hydrogen) atoms. The SMILES string of the molecule is CC(C)C(=O)Nc1cc(N)c2c3c(cc(C(N)=O)nc13)C=N2. The van der Waals surface area contributed by atoms with Crippen molar-refractivity contribution in [3.63, 3.8) is 0 Å². The third kappa shape index (κ3) is 2.07. The number of carbonyl (C=O) groups excluding carboxylic acids is 2. The van der Waals surface area contributed by atoms with Crippen LogP contribution in [0.3, 0.4) is 0 Å². The van der Waals surface area contributed by atoms with Crippen LogP contribution in [0.1, 0.15) is 29.9 Å². The van der Waals surface area contributed by atoms with Crippen LogP contribution in [0.15, 0.2) is 17.1 Å². The molecular formula is C15H15N5O2. The maximum absolute atomic E-state index is 12.0. The van der Waals surface area contributed by atoms with Crippen LogP contribution in [0, 0.1) is 5.92 Å². The molecule has 0 spiro atoms. The van der Waals surface area contributed by atoms with Crippen molar-refractivity contribution in [2.75, 3.05) is 11.1 Å². The first-order chi connectivity index (χ1) is 10.4. The number of aliphatic imine (C=N–C) groups is 1. The number of aromatic nitrogens is 1. The molecule has 2 amide bonds. The molecule has 0 fully saturated rings. The molecule has 0 aliphatic carbocycles. The molecule has 0 bridgehead atoms. The zero-order chi connectivity index (χ0) is 16.0. The molecule has 7 heteroatoms. The van der Waals surface area contributed by atoms with E-state index in [0.717, 1.165) is 0 Å². The number of nitrogens with zero attached hydrogens (tertiary/aromatic N) is 2. The Labute approximate surface area is 126 Å². The molecule has 0 unspecified atom stereocenters. The van der Waals surface area contributed by atoms with E-state index in [9.17, 15) is 9.59 Å². The number of primary amides is 1. The molecule has 5 N–H and O–H groups in total. The largest absolute Gasteiger partial charge is 0.397 e. The molecule has 0 atom stereocenters. The van der Waals surface area contributed by atoms with Crippen LogP contribution in [0.25, 0.3) is 10.9 Å². The van der Waals surface area contributed by atoms with Crippen molar-refractivity contribution in [2.24, 2.45) is 16.6 Å². The van der Waals surface area contributed by atoms with Crippen molar-refractivity contribution < 1.29 is 9.59 Å². The van der Waals surface area contributed by atoms with Gasteiger partial charge in [-0.2, -0.15) is 0 Å². The second-order valence-electron chi connectivity index (χ2n) is 5.45. The van der Waals surface area contributed by atoms with E-state index in [1.54, 1.807) is 32.2 Å². The standard InChI is InChI=1S/C15H15N5O2/c1-6(2)15(22)20-9-4-8(16)12-11-7(5-18-12)3-10(14(17)21)19-13(9)11/h3-6H,16H2,1-2H3,(H2,17,21)(H,20,22). The number of carbonyl (C=O) groups is 2. The third-order valence-corrected chi connectivity index (χ3v) is 3.48. The smallest absolute Gasteiger partial charge is 0.267 e. The van der Waals surface area contributed by atoms with Gasteiger partial charge < -0.3 is 16.8 Å². The number of hydrogen-bond donors (Lipinski definition) is 3. The van der Waals surface area contributed by atoms with Gasteiger partial charge in [-0.15, -0.1) is 0 Å². The van der Waals surface area contributed by atoms with Gasteiger partial charge in [-0.25, -0.2) is 4.98 Å². The summed E-state index contributed by atoms with van der Waals surface area (Å²) in [6, 6.07) is 3.17. The first kappa shape index (κ1) is 14.0. The fraction of sp³-hybridized carbons (Fsp3) is 0.200. The molecule has 112 valence electrons. The highest BCUT2D eigenvalue weighted by Gasteiger charge is 2.21. The first-order valence-corrected chi connectivity index (χ1v) is 6.80. The second-order valence-corrected chi connectivity index (χ2v) is 5.45. The summed E-state index contributed by atoms with van der Waals surface area (Å²) in [5, 5.41) is 3.50. The molecule has 1 aromatic carbocycles. The van der Waals surface area contributed by atoms with Gasteiger partial charge in [-0.05, 0) is 12.1 Å². The summed E-state index contributed by atoms with van der Waals surface area (Å²) < 4.78 is 0. The molecule has 0 saturated carbocycles. The Morgan fingerprint density at radius 2 is 2.00 bits per heavy atom. The lowest BCUT2D eigenvalue weighted by molar-refractivity contribution is -0.118. The fourth-order valence-electron chi connectivity index (χ4n) is 2.32. The summed E-state index contributed by atoms with van der Waals surface area (Å²) in [7, 11) is 0. The quantitative estimate of drug-likeness (QED) is 0.635. The van der Waals surface area contributed by atoms with E-state index in [-0.39, 0.29) is 17.5 Å². The monoisotopic (exact) mass is 297 g/mol. The molecule has 2 aromatic rings. The van der Waals surface area contributed by atoms with Gasteiger partial charge >= 0.3 is 0 Å². The summed E-state index contributed by atoms with van der Waals surface area (Å²) in [5.41, 5.74) is 14.1. The van der Waals surface area contributed by atoms with E-state index in [0.29, 0.717) is 33.5 Å². The van der Waals surface area contributed by atoms with Crippen LogP contribution in [-0.4, -0.2) is 23.0 Å². The van der Waals surface area contributed by atoms with Gasteiger partial charge in [-0.3, -0.25) is 14.6 Å². The Bertz CT molecular complexity index is 855. The summed E-state index contributed by atoms with van der Waals surface area (Å²) in [5.74, 6) is -1.00. The highest BCUT2D eigenvalue weighted by Crippen LogP contribution is 2.41. The number of nitrogen functional groups attached to an aromatic ring is 1. The zero-order valence-electron chi connectivity index (χ0n) is 12.2. The van der Waals surface area contributed by atoms with E-state index in [2.05, 4.69) is 15.3 Å². The van der Waals surface area contributed by atoms with E-state index in [1.807, 2.05) is 0 Å². The lowest BCUT2D eigenvalue weighted by Crippen LogP contribution is -2.19. The third-order valence-electron chi connectivity index (χ3n) is 3.48. The van der Waals surface area contributed by atoms with Crippen molar-refractivity contribution in [2.45, 2.75) is 13.8 Å². The molecule has 7 nitrogen and oxygen atoms in total. The molecule has 0 radical (unpaired) electrons. The number of amides is 2. The van der Waals surface area contributed by atoms with Crippen molar-refractivity contribution in [1.82, 2.24) is 4.98 Å². The summed E-state index contributed by atoms with van der Waals surface area (Å²) >= 11 is 0. The predicted molar refractivity (Wildman–Crippen MR) is 85.4 cm³/mol. The minimum atomic E-state index is -0.641. The maximum Gasteiger partial charge on any atom is 0.267 e. The van der Waals surface area contributed by atoms with Crippen LogP contribution in [0.4, 0.5) is 17.1 Å². The van der Waals surface area contributed by atoms with Crippen LogP contribution >= 0.6 is 0 Å². The highest BCUT2D eigenvalue weighted by molar-refractivity contribution is 6.18. The van der Waals surface area contributed by atoms with E-state index in [4.69, 9.17) is 11.5 Å². The van der Waals surface area contributed by atoms with Gasteiger partial charge in [0.25, 0.3) is 5.91 Å². The number of anilines is 2. The summed E-state index contributed by atoms with van der Waals surface area (Å²) in [4.78, 5) is 31.9. The number of nitrogens with one attached hydrogen (secondary N) is 1. The Balaban J connectivity index is 2.27. The molecule has 1 aromatic heterocycles. The number of benzene rings is 1. The van der Waals surface area contributed by atoms with Gasteiger partial charge in [-0.1, -0.05) is 13.8 Å². The number of hydrogen-bond acceptors (Lipinski definition) is 5.